The minimum Gasteiger partial charge on any atom is -0.487 e. The minimum atomic E-state index is 0.473. The monoisotopic (exact) mass is 401 g/mol. The number of aromatic nitrogens is 2. The fraction of sp³-hybridized carbons (Fsp3) is 0.357. The van der Waals surface area contributed by atoms with Gasteiger partial charge in [-0.2, -0.15) is 5.10 Å². The maximum absolute atomic E-state index is 5.86. The Hall–Kier alpha value is -0.850. The molecule has 2 aromatic rings. The minimum absolute atomic E-state index is 0.473. The lowest BCUT2D eigenvalue weighted by Gasteiger charge is -2.10. The Kier molecular flexibility index (Phi) is 5.23. The average molecular weight is 403 g/mol. The zero-order chi connectivity index (χ0) is 14.7. The van der Waals surface area contributed by atoms with E-state index in [9.17, 15) is 0 Å². The molecule has 0 spiro atoms. The lowest BCUT2D eigenvalue weighted by molar-refractivity contribution is 0.291. The Labute approximate surface area is 135 Å². The Morgan fingerprint density at radius 1 is 1.35 bits per heavy atom. The molecule has 0 unspecified atom stereocenters. The number of benzene rings is 1. The Bertz CT molecular complexity index is 611. The number of nitrogens with zero attached hydrogens (tertiary/aromatic N) is 2. The molecule has 0 aliphatic rings. The molecule has 1 aromatic carbocycles. The Morgan fingerprint density at radius 3 is 2.75 bits per heavy atom. The predicted octanol–water partition coefficient (Wildman–Crippen LogP) is 3.77. The van der Waals surface area contributed by atoms with Crippen molar-refractivity contribution < 1.29 is 4.74 Å². The van der Waals surface area contributed by atoms with Crippen LogP contribution in [0, 0.1) is 6.92 Å². The first-order valence-corrected chi connectivity index (χ1v) is 7.98. The van der Waals surface area contributed by atoms with E-state index in [4.69, 9.17) is 10.5 Å². The van der Waals surface area contributed by atoms with Gasteiger partial charge in [-0.1, -0.05) is 15.9 Å². The van der Waals surface area contributed by atoms with Gasteiger partial charge >= 0.3 is 0 Å². The van der Waals surface area contributed by atoms with Crippen LogP contribution in [-0.4, -0.2) is 9.78 Å². The number of nitrogens with two attached hydrogens (primary N) is 1. The summed E-state index contributed by atoms with van der Waals surface area (Å²) < 4.78 is 9.82. The van der Waals surface area contributed by atoms with E-state index in [1.54, 1.807) is 0 Å². The predicted molar refractivity (Wildman–Crippen MR) is 86.7 cm³/mol. The first-order chi connectivity index (χ1) is 9.56. The topological polar surface area (TPSA) is 53.1 Å². The summed E-state index contributed by atoms with van der Waals surface area (Å²) in [6.45, 7) is 5.81. The van der Waals surface area contributed by atoms with Gasteiger partial charge in [-0.3, -0.25) is 4.68 Å². The molecule has 0 radical (unpaired) electrons. The van der Waals surface area contributed by atoms with Gasteiger partial charge in [0.2, 0.25) is 0 Å². The summed E-state index contributed by atoms with van der Waals surface area (Å²) in [6, 6.07) is 5.84. The number of hydrogen-bond acceptors (Lipinski definition) is 3. The van der Waals surface area contributed by atoms with Crippen molar-refractivity contribution in [2.24, 2.45) is 5.73 Å². The van der Waals surface area contributed by atoms with Gasteiger partial charge in [-0.15, -0.1) is 0 Å². The summed E-state index contributed by atoms with van der Waals surface area (Å²) >= 11 is 7.03. The molecule has 0 saturated heterocycles. The summed E-state index contributed by atoms with van der Waals surface area (Å²) in [5.41, 5.74) is 8.74. The molecule has 0 amide bonds. The highest BCUT2D eigenvalue weighted by atomic mass is 79.9. The molecule has 1 aromatic heterocycles. The van der Waals surface area contributed by atoms with Crippen molar-refractivity contribution in [3.63, 3.8) is 0 Å². The van der Waals surface area contributed by atoms with Gasteiger partial charge in [0.25, 0.3) is 0 Å². The molecule has 0 saturated carbocycles. The second-order valence-corrected chi connectivity index (χ2v) is 6.06. The van der Waals surface area contributed by atoms with E-state index in [-0.39, 0.29) is 0 Å². The molecule has 2 rings (SSSR count). The van der Waals surface area contributed by atoms with Gasteiger partial charge in [0.05, 0.1) is 15.9 Å². The summed E-state index contributed by atoms with van der Waals surface area (Å²) in [5.74, 6) is 0.807. The van der Waals surface area contributed by atoms with Gasteiger partial charge < -0.3 is 10.5 Å². The molecular formula is C14H17Br2N3O. The van der Waals surface area contributed by atoms with Crippen LogP contribution in [0.1, 0.15) is 23.9 Å². The van der Waals surface area contributed by atoms with Crippen LogP contribution in [0.15, 0.2) is 27.1 Å². The van der Waals surface area contributed by atoms with Crippen molar-refractivity contribution >= 4 is 31.9 Å². The second kappa shape index (κ2) is 6.74. The maximum atomic E-state index is 5.86. The standard InChI is InChI=1S/C14H17Br2N3O/c1-3-19-13(14(16)9(2)18-19)8-20-11-4-5-12(15)10(6-11)7-17/h4-6H,3,7-8,17H2,1-2H3. The van der Waals surface area contributed by atoms with Crippen molar-refractivity contribution in [3.8, 4) is 5.75 Å². The van der Waals surface area contributed by atoms with Crippen LogP contribution in [-0.2, 0) is 19.7 Å². The molecule has 0 bridgehead atoms. The van der Waals surface area contributed by atoms with Crippen molar-refractivity contribution in [1.29, 1.82) is 0 Å². The van der Waals surface area contributed by atoms with E-state index < -0.39 is 0 Å². The van der Waals surface area contributed by atoms with Crippen LogP contribution < -0.4 is 10.5 Å². The van der Waals surface area contributed by atoms with Crippen LogP contribution in [0.3, 0.4) is 0 Å². The number of ether oxygens (including phenoxy) is 1. The third-order valence-electron chi connectivity index (χ3n) is 3.07. The largest absolute Gasteiger partial charge is 0.487 e. The molecule has 20 heavy (non-hydrogen) atoms. The van der Waals surface area contributed by atoms with E-state index in [1.165, 1.54) is 0 Å². The first kappa shape index (κ1) is 15.5. The zero-order valence-electron chi connectivity index (χ0n) is 11.5. The number of rotatable bonds is 5. The number of halogens is 2. The normalized spacial score (nSPS) is 10.8. The molecule has 1 heterocycles. The molecule has 6 heteroatoms. The molecule has 2 N–H and O–H groups in total. The van der Waals surface area contributed by atoms with E-state index in [1.807, 2.05) is 29.8 Å². The van der Waals surface area contributed by atoms with Gasteiger partial charge in [-0.25, -0.2) is 0 Å². The van der Waals surface area contributed by atoms with E-state index in [0.29, 0.717) is 13.2 Å². The second-order valence-electron chi connectivity index (χ2n) is 4.41. The average Bonchev–Trinajstić information content (AvgIpc) is 2.73. The summed E-state index contributed by atoms with van der Waals surface area (Å²) in [4.78, 5) is 0. The Balaban J connectivity index is 2.16. The van der Waals surface area contributed by atoms with Crippen LogP contribution >= 0.6 is 31.9 Å². The molecule has 4 nitrogen and oxygen atoms in total. The lowest BCUT2D eigenvalue weighted by atomic mass is 10.2. The first-order valence-electron chi connectivity index (χ1n) is 6.39. The van der Waals surface area contributed by atoms with Gasteiger partial charge in [0.15, 0.2) is 0 Å². The fourth-order valence-corrected chi connectivity index (χ4v) is 2.76. The van der Waals surface area contributed by atoms with Crippen molar-refractivity contribution in [3.05, 3.63) is 44.1 Å². The number of aryl methyl sites for hydroxylation is 2. The third-order valence-corrected chi connectivity index (χ3v) is 4.87. The fourth-order valence-electron chi connectivity index (χ4n) is 1.96. The van der Waals surface area contributed by atoms with Crippen molar-refractivity contribution in [2.45, 2.75) is 33.5 Å². The summed E-state index contributed by atoms with van der Waals surface area (Å²) in [6.07, 6.45) is 0. The molecule has 0 fully saturated rings. The van der Waals surface area contributed by atoms with Gasteiger partial charge in [0, 0.05) is 17.6 Å². The van der Waals surface area contributed by atoms with Crippen molar-refractivity contribution in [1.82, 2.24) is 9.78 Å². The molecule has 0 aliphatic carbocycles. The highest BCUT2D eigenvalue weighted by molar-refractivity contribution is 9.10. The SMILES string of the molecule is CCn1nc(C)c(Br)c1COc1ccc(Br)c(CN)c1. The quantitative estimate of drug-likeness (QED) is 0.827. The third kappa shape index (κ3) is 3.24. The van der Waals surface area contributed by atoms with E-state index in [2.05, 4.69) is 43.9 Å². The van der Waals surface area contributed by atoms with E-state index >= 15 is 0 Å². The summed E-state index contributed by atoms with van der Waals surface area (Å²) in [7, 11) is 0. The highest BCUT2D eigenvalue weighted by Crippen LogP contribution is 2.25. The van der Waals surface area contributed by atoms with Crippen molar-refractivity contribution in [2.75, 3.05) is 0 Å². The highest BCUT2D eigenvalue weighted by Gasteiger charge is 2.12. The molecule has 108 valence electrons. The lowest BCUT2D eigenvalue weighted by Crippen LogP contribution is -2.07. The molecule has 0 aliphatic heterocycles. The molecule has 0 atom stereocenters. The van der Waals surface area contributed by atoms with Gasteiger partial charge in [0.1, 0.15) is 12.4 Å². The summed E-state index contributed by atoms with van der Waals surface area (Å²) in [5, 5.41) is 4.45. The molecular weight excluding hydrogens is 386 g/mol. The Morgan fingerprint density at radius 2 is 2.10 bits per heavy atom. The van der Waals surface area contributed by atoms with Gasteiger partial charge in [-0.05, 0) is 53.5 Å². The zero-order valence-corrected chi connectivity index (χ0v) is 14.7. The van der Waals surface area contributed by atoms with Crippen LogP contribution in [0.2, 0.25) is 0 Å². The van der Waals surface area contributed by atoms with Crippen LogP contribution in [0.5, 0.6) is 5.75 Å². The smallest absolute Gasteiger partial charge is 0.131 e. The van der Waals surface area contributed by atoms with Crippen LogP contribution in [0.25, 0.3) is 0 Å². The number of hydrogen-bond donors (Lipinski definition) is 1. The van der Waals surface area contributed by atoms with Crippen LogP contribution in [0.4, 0.5) is 0 Å². The van der Waals surface area contributed by atoms with E-state index in [0.717, 1.165) is 38.2 Å². The maximum Gasteiger partial charge on any atom is 0.131 e.